The average Bonchev–Trinajstić information content (AvgIpc) is 2.81. The average molecular weight is 264 g/mol. The summed E-state index contributed by atoms with van der Waals surface area (Å²) in [5.41, 5.74) is 0. The van der Waals surface area contributed by atoms with E-state index in [0.29, 0.717) is 25.7 Å². The van der Waals surface area contributed by atoms with E-state index >= 15 is 4.39 Å². The van der Waals surface area contributed by atoms with Gasteiger partial charge in [-0.2, -0.15) is 8.42 Å². The van der Waals surface area contributed by atoms with Crippen LogP contribution in [0, 0.1) is 11.8 Å². The second-order valence-electron chi connectivity index (χ2n) is 5.49. The summed E-state index contributed by atoms with van der Waals surface area (Å²) >= 11 is 0. The second-order valence-corrected chi connectivity index (χ2v) is 7.06. The molecule has 0 amide bonds. The molecule has 0 aromatic rings. The van der Waals surface area contributed by atoms with Crippen LogP contribution in [0.3, 0.4) is 0 Å². The number of hydrogen-bond donors (Lipinski definition) is 1. The van der Waals surface area contributed by atoms with E-state index < -0.39 is 27.0 Å². The van der Waals surface area contributed by atoms with Gasteiger partial charge in [0, 0.05) is 11.8 Å². The fraction of sp³-hybridized carbons (Fsp3) is 1.00. The Hall–Kier alpha value is -0.160. The Morgan fingerprint density at radius 1 is 0.882 bits per heavy atom. The van der Waals surface area contributed by atoms with E-state index in [1.807, 2.05) is 0 Å². The third-order valence-electron chi connectivity index (χ3n) is 4.47. The van der Waals surface area contributed by atoms with Crippen LogP contribution >= 0.6 is 0 Å². The molecule has 0 aliphatic heterocycles. The minimum absolute atomic E-state index is 0.499. The monoisotopic (exact) mass is 264 g/mol. The van der Waals surface area contributed by atoms with Crippen LogP contribution < -0.4 is 0 Å². The van der Waals surface area contributed by atoms with Gasteiger partial charge in [-0.05, 0) is 25.7 Å². The maximum atomic E-state index is 15.1. The van der Waals surface area contributed by atoms with Crippen LogP contribution in [-0.2, 0) is 10.1 Å². The Morgan fingerprint density at radius 3 is 1.59 bits per heavy atom. The van der Waals surface area contributed by atoms with E-state index in [4.69, 9.17) is 0 Å². The van der Waals surface area contributed by atoms with Crippen molar-refractivity contribution >= 4 is 10.1 Å². The topological polar surface area (TPSA) is 54.4 Å². The normalized spacial score (nSPS) is 28.1. The van der Waals surface area contributed by atoms with Gasteiger partial charge >= 0.3 is 10.1 Å². The summed E-state index contributed by atoms with van der Waals surface area (Å²) in [5, 5.41) is -2.38. The highest BCUT2D eigenvalue weighted by Gasteiger charge is 2.56. The van der Waals surface area contributed by atoms with Crippen molar-refractivity contribution in [1.29, 1.82) is 0 Å². The van der Waals surface area contributed by atoms with E-state index in [0.717, 1.165) is 32.1 Å². The number of halogens is 1. The molecule has 0 aromatic heterocycles. The molecule has 2 aliphatic rings. The Balaban J connectivity index is 2.28. The van der Waals surface area contributed by atoms with Crippen LogP contribution in [0.1, 0.15) is 57.8 Å². The number of rotatable bonds is 3. The van der Waals surface area contributed by atoms with Gasteiger partial charge in [0.25, 0.3) is 0 Å². The van der Waals surface area contributed by atoms with E-state index in [1.165, 1.54) is 0 Å². The second kappa shape index (κ2) is 4.84. The maximum absolute atomic E-state index is 15.1. The molecule has 2 rings (SSSR count). The predicted molar refractivity (Wildman–Crippen MR) is 63.9 cm³/mol. The van der Waals surface area contributed by atoms with Crippen LogP contribution in [0.4, 0.5) is 4.39 Å². The number of alkyl halides is 1. The first kappa shape index (κ1) is 13.3. The molecule has 0 spiro atoms. The van der Waals surface area contributed by atoms with Crippen molar-refractivity contribution in [2.45, 2.75) is 62.8 Å². The van der Waals surface area contributed by atoms with Crippen LogP contribution in [0.5, 0.6) is 0 Å². The molecular weight excluding hydrogens is 243 g/mol. The van der Waals surface area contributed by atoms with Crippen molar-refractivity contribution in [3.05, 3.63) is 0 Å². The van der Waals surface area contributed by atoms with Crippen molar-refractivity contribution in [3.63, 3.8) is 0 Å². The summed E-state index contributed by atoms with van der Waals surface area (Å²) in [6, 6.07) is 0. The molecular formula is C12H21FO3S. The van der Waals surface area contributed by atoms with Crippen LogP contribution in [0.25, 0.3) is 0 Å². The summed E-state index contributed by atoms with van der Waals surface area (Å²) in [6.07, 6.45) is 6.90. The molecule has 0 saturated heterocycles. The van der Waals surface area contributed by atoms with E-state index in [2.05, 4.69) is 0 Å². The van der Waals surface area contributed by atoms with Crippen LogP contribution in [-0.4, -0.2) is 18.0 Å². The lowest BCUT2D eigenvalue weighted by Crippen LogP contribution is -2.47. The van der Waals surface area contributed by atoms with Gasteiger partial charge in [-0.25, -0.2) is 4.39 Å². The molecule has 0 radical (unpaired) electrons. The molecule has 2 saturated carbocycles. The Kier molecular flexibility index (Phi) is 3.78. The molecule has 1 unspecified atom stereocenters. The first-order chi connectivity index (χ1) is 7.96. The third kappa shape index (κ3) is 2.36. The predicted octanol–water partition coefficient (Wildman–Crippen LogP) is 3.31. The Morgan fingerprint density at radius 2 is 1.24 bits per heavy atom. The number of hydrogen-bond acceptors (Lipinski definition) is 2. The van der Waals surface area contributed by atoms with Crippen molar-refractivity contribution < 1.29 is 17.4 Å². The molecule has 0 aromatic carbocycles. The summed E-state index contributed by atoms with van der Waals surface area (Å²) < 4.78 is 47.4. The molecule has 0 heterocycles. The van der Waals surface area contributed by atoms with Crippen molar-refractivity contribution in [3.8, 4) is 0 Å². The lowest BCUT2D eigenvalue weighted by Gasteiger charge is -2.37. The van der Waals surface area contributed by atoms with Crippen LogP contribution in [0.15, 0.2) is 0 Å². The van der Waals surface area contributed by atoms with Gasteiger partial charge in [-0.1, -0.05) is 32.1 Å². The fourth-order valence-corrected chi connectivity index (χ4v) is 4.88. The largest absolute Gasteiger partial charge is 0.300 e. The van der Waals surface area contributed by atoms with Gasteiger partial charge in [-0.15, -0.1) is 0 Å². The van der Waals surface area contributed by atoms with Crippen LogP contribution in [0.2, 0.25) is 0 Å². The first-order valence-electron chi connectivity index (χ1n) is 6.62. The minimum Gasteiger partial charge on any atom is -0.283 e. The van der Waals surface area contributed by atoms with Crippen molar-refractivity contribution in [2.75, 3.05) is 0 Å². The van der Waals surface area contributed by atoms with E-state index in [1.54, 1.807) is 0 Å². The van der Waals surface area contributed by atoms with Crippen molar-refractivity contribution in [2.24, 2.45) is 11.8 Å². The quantitative estimate of drug-likeness (QED) is 0.796. The van der Waals surface area contributed by atoms with Gasteiger partial charge in [0.2, 0.25) is 5.00 Å². The SMILES string of the molecule is O=S(=O)(O)C(F)(C1CCCCC1)C1CCCC1. The van der Waals surface area contributed by atoms with Gasteiger partial charge in [0.15, 0.2) is 0 Å². The summed E-state index contributed by atoms with van der Waals surface area (Å²) in [7, 11) is -4.61. The lowest BCUT2D eigenvalue weighted by atomic mass is 9.80. The van der Waals surface area contributed by atoms with E-state index in [9.17, 15) is 13.0 Å². The highest BCUT2D eigenvalue weighted by atomic mass is 32.2. The fourth-order valence-electron chi connectivity index (χ4n) is 3.57. The first-order valence-corrected chi connectivity index (χ1v) is 8.06. The zero-order chi connectivity index (χ0) is 12.5. The zero-order valence-electron chi connectivity index (χ0n) is 10.1. The molecule has 3 nitrogen and oxygen atoms in total. The van der Waals surface area contributed by atoms with Crippen molar-refractivity contribution in [1.82, 2.24) is 0 Å². The van der Waals surface area contributed by atoms with Gasteiger partial charge in [-0.3, -0.25) is 4.55 Å². The molecule has 1 atom stereocenters. The Labute approximate surface area is 103 Å². The minimum atomic E-state index is -4.61. The Bertz CT molecular complexity index is 356. The zero-order valence-corrected chi connectivity index (χ0v) is 10.9. The molecule has 1 N–H and O–H groups in total. The highest BCUT2D eigenvalue weighted by molar-refractivity contribution is 7.87. The standard InChI is InChI=1S/C12H21FO3S/c13-12(17(14,15)16,11-8-4-5-9-11)10-6-2-1-3-7-10/h10-11H,1-9H2,(H,14,15,16). The molecule has 0 bridgehead atoms. The maximum Gasteiger partial charge on any atom is 0.300 e. The van der Waals surface area contributed by atoms with Gasteiger partial charge < -0.3 is 0 Å². The lowest BCUT2D eigenvalue weighted by molar-refractivity contribution is 0.0673. The van der Waals surface area contributed by atoms with E-state index in [-0.39, 0.29) is 0 Å². The summed E-state index contributed by atoms with van der Waals surface area (Å²) in [5.74, 6) is -1.00. The molecule has 100 valence electrons. The molecule has 2 aliphatic carbocycles. The van der Waals surface area contributed by atoms with Gasteiger partial charge in [0.05, 0.1) is 0 Å². The highest BCUT2D eigenvalue weighted by Crippen LogP contribution is 2.48. The molecule has 17 heavy (non-hydrogen) atoms. The summed E-state index contributed by atoms with van der Waals surface area (Å²) in [4.78, 5) is 0. The van der Waals surface area contributed by atoms with Gasteiger partial charge in [0.1, 0.15) is 0 Å². The summed E-state index contributed by atoms with van der Waals surface area (Å²) in [6.45, 7) is 0. The molecule has 2 fully saturated rings. The smallest absolute Gasteiger partial charge is 0.283 e. The third-order valence-corrected chi connectivity index (χ3v) is 5.93. The molecule has 5 heteroatoms.